The molecule has 3 heteroatoms. The maximum Gasteiger partial charge on any atom is 0.0970 e. The molecule has 1 atom stereocenters. The van der Waals surface area contributed by atoms with E-state index < -0.39 is 5.60 Å². The van der Waals surface area contributed by atoms with Gasteiger partial charge in [0.25, 0.3) is 0 Å². The van der Waals surface area contributed by atoms with Gasteiger partial charge in [0.1, 0.15) is 0 Å². The van der Waals surface area contributed by atoms with Crippen molar-refractivity contribution in [3.63, 3.8) is 0 Å². The van der Waals surface area contributed by atoms with Gasteiger partial charge in [-0.2, -0.15) is 0 Å². The first-order valence-electron chi connectivity index (χ1n) is 4.94. The van der Waals surface area contributed by atoms with Crippen LogP contribution >= 0.6 is 0 Å². The number of nitrogens with two attached hydrogens (primary N) is 1. The molecule has 1 fully saturated rings. The summed E-state index contributed by atoms with van der Waals surface area (Å²) in [7, 11) is 1.62. The first-order valence-corrected chi connectivity index (χ1v) is 4.94. The van der Waals surface area contributed by atoms with E-state index in [0.717, 1.165) is 12.8 Å². The van der Waals surface area contributed by atoms with Crippen molar-refractivity contribution in [2.45, 2.75) is 32.3 Å². The zero-order valence-corrected chi connectivity index (χ0v) is 8.84. The highest BCUT2D eigenvalue weighted by atomic mass is 16.5. The Kier molecular flexibility index (Phi) is 3.00. The summed E-state index contributed by atoms with van der Waals surface area (Å²) in [5.74, 6) is 0.193. The molecule has 1 aliphatic carbocycles. The zero-order chi connectivity index (χ0) is 10.1. The van der Waals surface area contributed by atoms with E-state index >= 15 is 0 Å². The monoisotopic (exact) mass is 187 g/mol. The second kappa shape index (κ2) is 3.56. The lowest BCUT2D eigenvalue weighted by atomic mass is 9.76. The van der Waals surface area contributed by atoms with E-state index in [1.54, 1.807) is 7.11 Å². The van der Waals surface area contributed by atoms with Gasteiger partial charge in [-0.05, 0) is 18.8 Å². The Morgan fingerprint density at radius 2 is 2.08 bits per heavy atom. The van der Waals surface area contributed by atoms with Crippen LogP contribution in [0.3, 0.4) is 0 Å². The summed E-state index contributed by atoms with van der Waals surface area (Å²) in [5.41, 5.74) is 4.90. The number of hydrogen-bond donors (Lipinski definition) is 2. The van der Waals surface area contributed by atoms with Crippen LogP contribution in [-0.2, 0) is 4.74 Å². The van der Waals surface area contributed by atoms with Gasteiger partial charge in [0.2, 0.25) is 0 Å². The predicted molar refractivity (Wildman–Crippen MR) is 52.4 cm³/mol. The Labute approximate surface area is 80.3 Å². The van der Waals surface area contributed by atoms with Crippen LogP contribution in [0.2, 0.25) is 0 Å². The molecule has 78 valence electrons. The molecule has 0 aromatic carbocycles. The van der Waals surface area contributed by atoms with E-state index in [2.05, 4.69) is 0 Å². The molecule has 13 heavy (non-hydrogen) atoms. The van der Waals surface area contributed by atoms with Crippen LogP contribution in [0.15, 0.2) is 0 Å². The number of rotatable bonds is 5. The molecule has 1 rings (SSSR count). The summed E-state index contributed by atoms with van der Waals surface area (Å²) in [6.45, 7) is 5.00. The fourth-order valence-electron chi connectivity index (χ4n) is 2.12. The lowest BCUT2D eigenvalue weighted by Crippen LogP contribution is -2.51. The molecule has 0 aromatic heterocycles. The van der Waals surface area contributed by atoms with E-state index in [1.807, 2.05) is 13.8 Å². The fourth-order valence-corrected chi connectivity index (χ4v) is 2.12. The highest BCUT2D eigenvalue weighted by Gasteiger charge is 2.59. The standard InChI is InChI=1S/C10H21NO2/c1-8(2)10(12,7-13-3)9(6-11)4-5-9/h8,12H,4-7,11H2,1-3H3. The zero-order valence-electron chi connectivity index (χ0n) is 8.84. The van der Waals surface area contributed by atoms with E-state index in [1.165, 1.54) is 0 Å². The molecule has 3 nitrogen and oxygen atoms in total. The molecular formula is C10H21NO2. The SMILES string of the molecule is COCC(O)(C(C)C)C1(CN)CC1. The lowest BCUT2D eigenvalue weighted by molar-refractivity contribution is -0.114. The van der Waals surface area contributed by atoms with Crippen LogP contribution in [0.4, 0.5) is 0 Å². The van der Waals surface area contributed by atoms with Gasteiger partial charge in [-0.25, -0.2) is 0 Å². The summed E-state index contributed by atoms with van der Waals surface area (Å²) in [6.07, 6.45) is 2.06. The molecule has 0 spiro atoms. The van der Waals surface area contributed by atoms with Crippen molar-refractivity contribution in [3.05, 3.63) is 0 Å². The van der Waals surface area contributed by atoms with Gasteiger partial charge in [-0.3, -0.25) is 0 Å². The van der Waals surface area contributed by atoms with Gasteiger partial charge in [0.05, 0.1) is 12.2 Å². The molecule has 0 aliphatic heterocycles. The van der Waals surface area contributed by atoms with Gasteiger partial charge < -0.3 is 15.6 Å². The average Bonchev–Trinajstić information content (AvgIpc) is 2.84. The summed E-state index contributed by atoms with van der Waals surface area (Å²) in [5, 5.41) is 10.5. The van der Waals surface area contributed by atoms with Crippen molar-refractivity contribution < 1.29 is 9.84 Å². The average molecular weight is 187 g/mol. The van der Waals surface area contributed by atoms with Crippen LogP contribution in [0.5, 0.6) is 0 Å². The normalized spacial score (nSPS) is 24.5. The van der Waals surface area contributed by atoms with Crippen molar-refractivity contribution in [3.8, 4) is 0 Å². The van der Waals surface area contributed by atoms with Crippen molar-refractivity contribution in [2.75, 3.05) is 20.3 Å². The third-order valence-electron chi connectivity index (χ3n) is 3.48. The fraction of sp³-hybridized carbons (Fsp3) is 1.00. The lowest BCUT2D eigenvalue weighted by Gasteiger charge is -2.39. The maximum absolute atomic E-state index is 10.5. The van der Waals surface area contributed by atoms with Crippen LogP contribution < -0.4 is 5.73 Å². The van der Waals surface area contributed by atoms with E-state index in [4.69, 9.17) is 10.5 Å². The number of aliphatic hydroxyl groups is 1. The van der Waals surface area contributed by atoms with Crippen LogP contribution in [0.1, 0.15) is 26.7 Å². The molecule has 0 heterocycles. The van der Waals surface area contributed by atoms with E-state index in [0.29, 0.717) is 13.2 Å². The first-order chi connectivity index (χ1) is 6.02. The third kappa shape index (κ3) is 1.60. The molecule has 1 aliphatic rings. The highest BCUT2D eigenvalue weighted by Crippen LogP contribution is 2.55. The van der Waals surface area contributed by atoms with Crippen molar-refractivity contribution in [1.29, 1.82) is 0 Å². The Morgan fingerprint density at radius 3 is 2.31 bits per heavy atom. The van der Waals surface area contributed by atoms with E-state index in [9.17, 15) is 5.11 Å². The number of ether oxygens (including phenoxy) is 1. The molecule has 0 aromatic rings. The molecular weight excluding hydrogens is 166 g/mol. The molecule has 0 bridgehead atoms. The summed E-state index contributed by atoms with van der Waals surface area (Å²) in [6, 6.07) is 0. The number of methoxy groups -OCH3 is 1. The molecule has 0 radical (unpaired) electrons. The van der Waals surface area contributed by atoms with E-state index in [-0.39, 0.29) is 11.3 Å². The Morgan fingerprint density at radius 1 is 1.54 bits per heavy atom. The smallest absolute Gasteiger partial charge is 0.0970 e. The summed E-state index contributed by atoms with van der Waals surface area (Å²) in [4.78, 5) is 0. The molecule has 0 amide bonds. The van der Waals surface area contributed by atoms with Crippen LogP contribution in [0.25, 0.3) is 0 Å². The van der Waals surface area contributed by atoms with Crippen LogP contribution in [0, 0.1) is 11.3 Å². The third-order valence-corrected chi connectivity index (χ3v) is 3.48. The Hall–Kier alpha value is -0.120. The minimum Gasteiger partial charge on any atom is -0.387 e. The van der Waals surface area contributed by atoms with Crippen molar-refractivity contribution in [2.24, 2.45) is 17.1 Å². The van der Waals surface area contributed by atoms with Gasteiger partial charge in [0.15, 0.2) is 0 Å². The Balaban J connectivity index is 2.78. The minimum atomic E-state index is -0.740. The second-order valence-corrected chi connectivity index (χ2v) is 4.50. The molecule has 3 N–H and O–H groups in total. The quantitative estimate of drug-likeness (QED) is 0.668. The molecule has 1 unspecified atom stereocenters. The molecule has 1 saturated carbocycles. The largest absolute Gasteiger partial charge is 0.387 e. The highest BCUT2D eigenvalue weighted by molar-refractivity contribution is 5.10. The minimum absolute atomic E-state index is 0.0722. The van der Waals surface area contributed by atoms with Crippen molar-refractivity contribution >= 4 is 0 Å². The summed E-state index contributed by atoms with van der Waals surface area (Å²) < 4.78 is 5.09. The van der Waals surface area contributed by atoms with Gasteiger partial charge >= 0.3 is 0 Å². The maximum atomic E-state index is 10.5. The van der Waals surface area contributed by atoms with Gasteiger partial charge in [-0.1, -0.05) is 13.8 Å². The topological polar surface area (TPSA) is 55.5 Å². The number of hydrogen-bond acceptors (Lipinski definition) is 3. The van der Waals surface area contributed by atoms with Gasteiger partial charge in [0, 0.05) is 19.1 Å². The van der Waals surface area contributed by atoms with Crippen LogP contribution in [-0.4, -0.2) is 31.0 Å². The second-order valence-electron chi connectivity index (χ2n) is 4.50. The first kappa shape index (κ1) is 11.0. The Bertz CT molecular complexity index is 178. The summed E-state index contributed by atoms with van der Waals surface area (Å²) >= 11 is 0. The van der Waals surface area contributed by atoms with Gasteiger partial charge in [-0.15, -0.1) is 0 Å². The predicted octanol–water partition coefficient (Wildman–Crippen LogP) is 0.759. The molecule has 0 saturated heterocycles. The van der Waals surface area contributed by atoms with Crippen molar-refractivity contribution in [1.82, 2.24) is 0 Å².